The molecule has 3 rings (SSSR count). The highest BCUT2D eigenvalue weighted by Crippen LogP contribution is 2.21. The van der Waals surface area contributed by atoms with Crippen LogP contribution in [0, 0.1) is 6.92 Å². The van der Waals surface area contributed by atoms with Crippen molar-refractivity contribution in [3.8, 4) is 11.6 Å². The highest BCUT2D eigenvalue weighted by atomic mass is 16.6. The standard InChI is InChI=1S/C16H16N8O3/c1-3-5-10-6-4-7-11(13(10)25)8-18-20-16(26)12-9(2)19-23-24(12)15-14(17)21-27-22-15/h3-4,6-8,25H,1,5H2,2H3,(H2,17,21)(H,20,26). The second-order valence-corrected chi connectivity index (χ2v) is 5.46. The number of hydrogen-bond donors (Lipinski definition) is 3. The molecule has 2 aromatic heterocycles. The zero-order valence-electron chi connectivity index (χ0n) is 14.3. The van der Waals surface area contributed by atoms with E-state index in [9.17, 15) is 9.90 Å². The molecule has 2 heterocycles. The molecule has 0 saturated heterocycles. The average Bonchev–Trinajstić information content (AvgIpc) is 3.23. The minimum atomic E-state index is -0.599. The van der Waals surface area contributed by atoms with Crippen molar-refractivity contribution in [1.29, 1.82) is 0 Å². The molecule has 3 aromatic rings. The number of carbonyl (C=O) groups excluding carboxylic acids is 1. The van der Waals surface area contributed by atoms with Crippen molar-refractivity contribution in [1.82, 2.24) is 30.7 Å². The molecule has 4 N–H and O–H groups in total. The molecule has 27 heavy (non-hydrogen) atoms. The molecule has 1 aromatic carbocycles. The van der Waals surface area contributed by atoms with E-state index in [2.05, 4.69) is 42.4 Å². The van der Waals surface area contributed by atoms with E-state index in [-0.39, 0.29) is 23.1 Å². The Morgan fingerprint density at radius 2 is 2.30 bits per heavy atom. The number of rotatable bonds is 6. The first-order chi connectivity index (χ1) is 13.0. The van der Waals surface area contributed by atoms with Crippen LogP contribution in [0.2, 0.25) is 0 Å². The first kappa shape index (κ1) is 17.8. The number of nitrogens with zero attached hydrogens (tertiary/aromatic N) is 6. The van der Waals surface area contributed by atoms with Crippen molar-refractivity contribution in [2.45, 2.75) is 13.3 Å². The lowest BCUT2D eigenvalue weighted by atomic mass is 10.1. The van der Waals surface area contributed by atoms with Crippen molar-refractivity contribution in [2.75, 3.05) is 5.73 Å². The number of carbonyl (C=O) groups is 1. The van der Waals surface area contributed by atoms with Gasteiger partial charge in [-0.3, -0.25) is 4.79 Å². The first-order valence-electron chi connectivity index (χ1n) is 7.78. The topological polar surface area (TPSA) is 157 Å². The molecule has 0 aliphatic heterocycles. The van der Waals surface area contributed by atoms with Gasteiger partial charge in [0.15, 0.2) is 5.69 Å². The van der Waals surface area contributed by atoms with Gasteiger partial charge in [0, 0.05) is 5.56 Å². The van der Waals surface area contributed by atoms with Gasteiger partial charge in [-0.15, -0.1) is 11.7 Å². The fourth-order valence-electron chi connectivity index (χ4n) is 2.35. The second-order valence-electron chi connectivity index (χ2n) is 5.46. The quantitative estimate of drug-likeness (QED) is 0.326. The summed E-state index contributed by atoms with van der Waals surface area (Å²) in [6.07, 6.45) is 3.52. The molecule has 0 radical (unpaired) electrons. The fourth-order valence-corrected chi connectivity index (χ4v) is 2.35. The number of hydrogen-bond acceptors (Lipinski definition) is 9. The summed E-state index contributed by atoms with van der Waals surface area (Å²) in [5.41, 5.74) is 9.54. The number of nitrogen functional groups attached to an aromatic ring is 1. The predicted octanol–water partition coefficient (Wildman–Crippen LogP) is 0.739. The normalized spacial score (nSPS) is 11.0. The van der Waals surface area contributed by atoms with Crippen molar-refractivity contribution in [3.05, 3.63) is 53.4 Å². The Balaban J connectivity index is 1.81. The van der Waals surface area contributed by atoms with Crippen LogP contribution in [0.5, 0.6) is 5.75 Å². The Labute approximate surface area is 153 Å². The monoisotopic (exact) mass is 368 g/mol. The molecule has 11 heteroatoms. The van der Waals surface area contributed by atoms with E-state index < -0.39 is 5.91 Å². The van der Waals surface area contributed by atoms with Crippen LogP contribution in [0.15, 0.2) is 40.6 Å². The summed E-state index contributed by atoms with van der Waals surface area (Å²) in [6, 6.07) is 5.21. The van der Waals surface area contributed by atoms with E-state index in [1.54, 1.807) is 31.2 Å². The number of aryl methyl sites for hydroxylation is 1. The number of phenols is 1. The molecule has 1 amide bonds. The first-order valence-corrected chi connectivity index (χ1v) is 7.78. The van der Waals surface area contributed by atoms with Gasteiger partial charge in [-0.05, 0) is 35.3 Å². The Morgan fingerprint density at radius 1 is 1.48 bits per heavy atom. The number of aromatic hydroxyl groups is 1. The molecule has 0 aliphatic carbocycles. The van der Waals surface area contributed by atoms with E-state index in [4.69, 9.17) is 5.73 Å². The third kappa shape index (κ3) is 3.51. The number of phenolic OH excluding ortho intramolecular Hbond substituents is 1. The number of allylic oxidation sites excluding steroid dienone is 1. The van der Waals surface area contributed by atoms with Crippen molar-refractivity contribution < 1.29 is 14.5 Å². The number of aromatic nitrogens is 5. The molecular formula is C16H16N8O3. The van der Waals surface area contributed by atoms with Crippen LogP contribution in [0.25, 0.3) is 5.82 Å². The third-order valence-corrected chi connectivity index (χ3v) is 3.63. The number of hydrazone groups is 1. The molecule has 0 unspecified atom stereocenters. The maximum Gasteiger partial charge on any atom is 0.292 e. The highest BCUT2D eigenvalue weighted by Gasteiger charge is 2.22. The summed E-state index contributed by atoms with van der Waals surface area (Å²) >= 11 is 0. The minimum Gasteiger partial charge on any atom is -0.507 e. The van der Waals surface area contributed by atoms with Gasteiger partial charge >= 0.3 is 0 Å². The fraction of sp³-hybridized carbons (Fsp3) is 0.125. The third-order valence-electron chi connectivity index (χ3n) is 3.63. The van der Waals surface area contributed by atoms with E-state index >= 15 is 0 Å². The van der Waals surface area contributed by atoms with Crippen LogP contribution in [-0.2, 0) is 6.42 Å². The van der Waals surface area contributed by atoms with Crippen LogP contribution in [-0.4, -0.2) is 42.5 Å². The van der Waals surface area contributed by atoms with E-state index in [1.807, 2.05) is 0 Å². The number of amides is 1. The zero-order valence-corrected chi connectivity index (χ0v) is 14.3. The number of nitrogens with two attached hydrogens (primary N) is 1. The van der Waals surface area contributed by atoms with Crippen LogP contribution in [0.3, 0.4) is 0 Å². The molecule has 0 spiro atoms. The molecule has 0 aliphatic rings. The number of nitrogens with one attached hydrogen (secondary N) is 1. The van der Waals surface area contributed by atoms with Gasteiger partial charge in [0.05, 0.1) is 11.9 Å². The summed E-state index contributed by atoms with van der Waals surface area (Å²) in [7, 11) is 0. The maximum absolute atomic E-state index is 12.5. The van der Waals surface area contributed by atoms with Crippen LogP contribution < -0.4 is 11.2 Å². The Bertz CT molecular complexity index is 1020. The molecule has 11 nitrogen and oxygen atoms in total. The van der Waals surface area contributed by atoms with E-state index in [0.29, 0.717) is 23.2 Å². The molecule has 0 bridgehead atoms. The van der Waals surface area contributed by atoms with Gasteiger partial charge in [-0.25, -0.2) is 10.1 Å². The van der Waals surface area contributed by atoms with Crippen molar-refractivity contribution in [2.24, 2.45) is 5.10 Å². The Kier molecular flexibility index (Phi) is 4.92. The SMILES string of the molecule is C=CCc1cccc(C=NNC(=O)c2c(C)nnn2-c2nonc2N)c1O. The summed E-state index contributed by atoms with van der Waals surface area (Å²) in [6.45, 7) is 5.24. The molecule has 0 atom stereocenters. The van der Waals surface area contributed by atoms with Gasteiger partial charge in [0.1, 0.15) is 5.75 Å². The number of anilines is 1. The summed E-state index contributed by atoms with van der Waals surface area (Å²) in [4.78, 5) is 12.5. The van der Waals surface area contributed by atoms with Crippen LogP contribution in [0.1, 0.15) is 27.3 Å². The van der Waals surface area contributed by atoms with Gasteiger partial charge in [-0.2, -0.15) is 9.78 Å². The summed E-state index contributed by atoms with van der Waals surface area (Å²) < 4.78 is 5.62. The van der Waals surface area contributed by atoms with Gasteiger partial charge in [0.2, 0.25) is 11.6 Å². The lowest BCUT2D eigenvalue weighted by Gasteiger charge is -2.05. The Hall–Kier alpha value is -4.02. The van der Waals surface area contributed by atoms with E-state index in [1.165, 1.54) is 6.21 Å². The highest BCUT2D eigenvalue weighted by molar-refractivity contribution is 5.95. The number of para-hydroxylation sites is 1. The smallest absolute Gasteiger partial charge is 0.292 e. The van der Waals surface area contributed by atoms with Crippen molar-refractivity contribution >= 4 is 17.9 Å². The lowest BCUT2D eigenvalue weighted by molar-refractivity contribution is 0.0946. The molecule has 0 saturated carbocycles. The van der Waals surface area contributed by atoms with E-state index in [0.717, 1.165) is 4.68 Å². The Morgan fingerprint density at radius 3 is 3.00 bits per heavy atom. The predicted molar refractivity (Wildman–Crippen MR) is 95.4 cm³/mol. The summed E-state index contributed by atoms with van der Waals surface area (Å²) in [5, 5.41) is 28.8. The molecular weight excluding hydrogens is 352 g/mol. The van der Waals surface area contributed by atoms with Gasteiger partial charge in [0.25, 0.3) is 5.91 Å². The number of benzene rings is 1. The second kappa shape index (κ2) is 7.47. The van der Waals surface area contributed by atoms with Crippen molar-refractivity contribution in [3.63, 3.8) is 0 Å². The molecule has 138 valence electrons. The van der Waals surface area contributed by atoms with Crippen LogP contribution in [0.4, 0.5) is 5.82 Å². The average molecular weight is 368 g/mol. The van der Waals surface area contributed by atoms with Gasteiger partial charge in [-0.1, -0.05) is 23.4 Å². The lowest BCUT2D eigenvalue weighted by Crippen LogP contribution is -2.22. The minimum absolute atomic E-state index is 0.0404. The molecule has 0 fully saturated rings. The summed E-state index contributed by atoms with van der Waals surface area (Å²) in [5.74, 6) is -0.529. The zero-order chi connectivity index (χ0) is 19.4. The van der Waals surface area contributed by atoms with Crippen LogP contribution >= 0.6 is 0 Å². The van der Waals surface area contributed by atoms with Gasteiger partial charge < -0.3 is 10.8 Å². The maximum atomic E-state index is 12.5. The largest absolute Gasteiger partial charge is 0.507 e.